The van der Waals surface area contributed by atoms with E-state index in [4.69, 9.17) is 9.47 Å². The number of aliphatic hydroxyl groups excluding tert-OH is 2. The van der Waals surface area contributed by atoms with E-state index in [-0.39, 0.29) is 51.1 Å². The van der Waals surface area contributed by atoms with Gasteiger partial charge in [-0.2, -0.15) is 0 Å². The minimum Gasteiger partial charge on any atom is -0.463 e. The number of ether oxygens (including phenoxy) is 2. The minimum absolute atomic E-state index is 0.0223. The van der Waals surface area contributed by atoms with E-state index in [1.165, 1.54) is 12.1 Å². The Morgan fingerprint density at radius 1 is 1.08 bits per heavy atom. The van der Waals surface area contributed by atoms with Crippen LogP contribution in [0.3, 0.4) is 0 Å². The van der Waals surface area contributed by atoms with Crippen LogP contribution in [0.5, 0.6) is 0 Å². The number of hydrogen-bond acceptors (Lipinski definition) is 8. The first-order valence-corrected chi connectivity index (χ1v) is 12.6. The van der Waals surface area contributed by atoms with Gasteiger partial charge in [0.1, 0.15) is 19.0 Å². The van der Waals surface area contributed by atoms with Gasteiger partial charge >= 0.3 is 5.97 Å². The van der Waals surface area contributed by atoms with Gasteiger partial charge in [0, 0.05) is 34.6 Å². The third-order valence-electron chi connectivity index (χ3n) is 5.91. The van der Waals surface area contributed by atoms with E-state index < -0.39 is 23.3 Å². The number of aromatic nitrogens is 1. The largest absolute Gasteiger partial charge is 0.463 e. The van der Waals surface area contributed by atoms with E-state index in [9.17, 15) is 29.5 Å². The molecular formula is C28H33FN2O8. The lowest BCUT2D eigenvalue weighted by molar-refractivity contribution is -0.758. The lowest BCUT2D eigenvalue weighted by Gasteiger charge is -2.15. The highest BCUT2D eigenvalue weighted by molar-refractivity contribution is 6.01. The average Bonchev–Trinajstić information content (AvgIpc) is 3.21. The summed E-state index contributed by atoms with van der Waals surface area (Å²) in [6.07, 6.45) is 0.761. The summed E-state index contributed by atoms with van der Waals surface area (Å²) in [5.41, 5.74) is 3.56. The maximum atomic E-state index is 13.6. The molecule has 10 nitrogen and oxygen atoms in total. The number of halogens is 1. The quantitative estimate of drug-likeness (QED) is 0.125. The van der Waals surface area contributed by atoms with Crippen LogP contribution in [0.4, 0.5) is 4.39 Å². The number of rotatable bonds is 15. The van der Waals surface area contributed by atoms with Crippen molar-refractivity contribution in [1.29, 1.82) is 0 Å². The van der Waals surface area contributed by atoms with Gasteiger partial charge in [0.25, 0.3) is 5.09 Å². The van der Waals surface area contributed by atoms with Crippen LogP contribution in [0.2, 0.25) is 0 Å². The van der Waals surface area contributed by atoms with Crippen molar-refractivity contribution in [3.05, 3.63) is 76.2 Å². The lowest BCUT2D eigenvalue weighted by Crippen LogP contribution is -2.22. The van der Waals surface area contributed by atoms with Crippen LogP contribution in [-0.4, -0.2) is 64.5 Å². The highest BCUT2D eigenvalue weighted by Gasteiger charge is 2.20. The smallest absolute Gasteiger partial charge is 0.308 e. The molecule has 0 fully saturated rings. The average molecular weight is 545 g/mol. The Labute approximate surface area is 225 Å². The summed E-state index contributed by atoms with van der Waals surface area (Å²) in [6.45, 7) is 3.78. The fourth-order valence-corrected chi connectivity index (χ4v) is 4.30. The molecule has 0 amide bonds. The summed E-state index contributed by atoms with van der Waals surface area (Å²) in [7, 11) is 0. The predicted molar refractivity (Wildman–Crippen MR) is 143 cm³/mol. The molecule has 3 aromatic rings. The number of fused-ring (bicyclic) bond motifs is 1. The topological polar surface area (TPSA) is 133 Å². The molecule has 2 atom stereocenters. The zero-order valence-corrected chi connectivity index (χ0v) is 21.9. The molecule has 210 valence electrons. The molecule has 0 bridgehead atoms. The van der Waals surface area contributed by atoms with Gasteiger partial charge in [-0.3, -0.25) is 4.79 Å². The molecular weight excluding hydrogens is 511 g/mol. The molecule has 0 aliphatic heterocycles. The van der Waals surface area contributed by atoms with E-state index in [2.05, 4.69) is 23.3 Å². The normalized spacial score (nSPS) is 13.2. The maximum Gasteiger partial charge on any atom is 0.308 e. The standard InChI is InChI=1S/C28H33FN2O8/c1-19(2)30-25-6-4-3-5-24(25)28(20-7-9-21(29)10-8-20)26(30)12-11-22(32)17-23(33)18-27(34)38-15-13-37-14-16-39-31(35)36/h3-12,19,22-23,32-33H,13-18H2,1-2H3/b12-11+/t22-,23-/m1/s1. The molecule has 1 aromatic heterocycles. The van der Waals surface area contributed by atoms with Gasteiger partial charge in [-0.15, -0.1) is 10.1 Å². The maximum absolute atomic E-state index is 13.6. The molecule has 1 heterocycles. The van der Waals surface area contributed by atoms with Gasteiger partial charge in [0.15, 0.2) is 0 Å². The Hall–Kier alpha value is -3.80. The molecule has 39 heavy (non-hydrogen) atoms. The molecule has 2 aromatic carbocycles. The zero-order valence-electron chi connectivity index (χ0n) is 21.9. The molecule has 0 radical (unpaired) electrons. The van der Waals surface area contributed by atoms with Crippen LogP contribution in [-0.2, 0) is 19.1 Å². The highest BCUT2D eigenvalue weighted by Crippen LogP contribution is 2.38. The summed E-state index contributed by atoms with van der Waals surface area (Å²) in [6, 6.07) is 14.2. The Bertz CT molecular complexity index is 1270. The van der Waals surface area contributed by atoms with Crippen molar-refractivity contribution in [2.45, 2.75) is 44.9 Å². The van der Waals surface area contributed by atoms with Crippen LogP contribution in [0, 0.1) is 15.9 Å². The van der Waals surface area contributed by atoms with Crippen molar-refractivity contribution < 1.29 is 38.8 Å². The van der Waals surface area contributed by atoms with Gasteiger partial charge in [-0.05, 0) is 43.7 Å². The monoisotopic (exact) mass is 544 g/mol. The van der Waals surface area contributed by atoms with E-state index in [1.807, 2.05) is 24.3 Å². The number of aliphatic hydroxyl groups is 2. The van der Waals surface area contributed by atoms with Crippen LogP contribution in [0.1, 0.15) is 38.4 Å². The van der Waals surface area contributed by atoms with Crippen LogP contribution in [0.25, 0.3) is 28.1 Å². The first-order chi connectivity index (χ1) is 18.7. The Kier molecular flexibility index (Phi) is 11.0. The SMILES string of the molecule is CC(C)n1c(/C=C/[C@@H](O)C[C@@H](O)CC(=O)OCCOCCO[N+](=O)[O-])c(-c2ccc(F)cc2)c2ccccc21. The number of para-hydroxylation sites is 1. The predicted octanol–water partition coefficient (Wildman–Crippen LogP) is 4.31. The lowest BCUT2D eigenvalue weighted by atomic mass is 10.0. The first-order valence-electron chi connectivity index (χ1n) is 12.6. The van der Waals surface area contributed by atoms with Crippen molar-refractivity contribution in [3.63, 3.8) is 0 Å². The summed E-state index contributed by atoms with van der Waals surface area (Å²) in [4.78, 5) is 26.1. The molecule has 0 saturated heterocycles. The fraction of sp³-hybridized carbons (Fsp3) is 0.393. The third-order valence-corrected chi connectivity index (χ3v) is 5.91. The van der Waals surface area contributed by atoms with Crippen molar-refractivity contribution >= 4 is 22.9 Å². The van der Waals surface area contributed by atoms with E-state index >= 15 is 0 Å². The first kappa shape index (κ1) is 29.8. The molecule has 0 aliphatic rings. The van der Waals surface area contributed by atoms with Crippen LogP contribution in [0.15, 0.2) is 54.6 Å². The number of nitrogens with zero attached hydrogens (tertiary/aromatic N) is 2. The fourth-order valence-electron chi connectivity index (χ4n) is 4.30. The second-order valence-electron chi connectivity index (χ2n) is 9.16. The second-order valence-corrected chi connectivity index (χ2v) is 9.16. The minimum atomic E-state index is -1.14. The van der Waals surface area contributed by atoms with E-state index in [0.29, 0.717) is 0 Å². The number of benzene rings is 2. The van der Waals surface area contributed by atoms with Gasteiger partial charge in [0.05, 0.1) is 31.8 Å². The molecule has 0 aliphatic carbocycles. The number of esters is 1. The summed E-state index contributed by atoms with van der Waals surface area (Å²) >= 11 is 0. The van der Waals surface area contributed by atoms with Crippen LogP contribution < -0.4 is 0 Å². The third kappa shape index (κ3) is 8.60. The van der Waals surface area contributed by atoms with Gasteiger partial charge in [0.2, 0.25) is 0 Å². The van der Waals surface area contributed by atoms with Crippen molar-refractivity contribution in [2.75, 3.05) is 26.4 Å². The number of hydrogen-bond donors (Lipinski definition) is 2. The molecule has 3 rings (SSSR count). The summed E-state index contributed by atoms with van der Waals surface area (Å²) < 4.78 is 25.8. The zero-order chi connectivity index (χ0) is 28.4. The summed E-state index contributed by atoms with van der Waals surface area (Å²) in [5, 5.41) is 31.0. The number of carbonyl (C=O) groups is 1. The van der Waals surface area contributed by atoms with Crippen molar-refractivity contribution in [1.82, 2.24) is 4.57 Å². The Morgan fingerprint density at radius 2 is 1.77 bits per heavy atom. The Morgan fingerprint density at radius 3 is 2.46 bits per heavy atom. The Balaban J connectivity index is 1.64. The second kappa shape index (κ2) is 14.4. The van der Waals surface area contributed by atoms with Crippen LogP contribution >= 0.6 is 0 Å². The molecule has 11 heteroatoms. The van der Waals surface area contributed by atoms with Gasteiger partial charge in [-0.1, -0.05) is 36.4 Å². The molecule has 0 saturated carbocycles. The molecule has 0 spiro atoms. The van der Waals surface area contributed by atoms with E-state index in [1.54, 1.807) is 24.3 Å². The van der Waals surface area contributed by atoms with Crippen molar-refractivity contribution in [2.24, 2.45) is 0 Å². The van der Waals surface area contributed by atoms with Gasteiger partial charge < -0.3 is 29.1 Å². The van der Waals surface area contributed by atoms with E-state index in [0.717, 1.165) is 27.7 Å². The van der Waals surface area contributed by atoms with Gasteiger partial charge in [-0.25, -0.2) is 4.39 Å². The number of carbonyl (C=O) groups excluding carboxylic acids is 1. The van der Waals surface area contributed by atoms with Crippen molar-refractivity contribution in [3.8, 4) is 11.1 Å². The highest BCUT2D eigenvalue weighted by atomic mass is 19.1. The summed E-state index contributed by atoms with van der Waals surface area (Å²) in [5.74, 6) is -0.997. The molecule has 0 unspecified atom stereocenters. The molecule has 2 N–H and O–H groups in total.